The monoisotopic (exact) mass is 376 g/mol. The molecule has 0 fully saturated rings. The third-order valence-electron chi connectivity index (χ3n) is 7.07. The van der Waals surface area contributed by atoms with Crippen molar-refractivity contribution in [3.05, 3.63) is 97.1 Å². The minimum atomic E-state index is 1.31. The number of benzene rings is 8. The van der Waals surface area contributed by atoms with Crippen LogP contribution in [0.5, 0.6) is 0 Å². The molecule has 0 radical (unpaired) electrons. The van der Waals surface area contributed by atoms with E-state index in [-0.39, 0.29) is 0 Å². The Morgan fingerprint density at radius 2 is 0.733 bits per heavy atom. The molecule has 0 saturated heterocycles. The summed E-state index contributed by atoms with van der Waals surface area (Å²) in [5.41, 5.74) is 0. The van der Waals surface area contributed by atoms with Crippen molar-refractivity contribution < 1.29 is 0 Å². The zero-order chi connectivity index (χ0) is 19.4. The molecular weight excluding hydrogens is 360 g/mol. The summed E-state index contributed by atoms with van der Waals surface area (Å²) in [6.07, 6.45) is 0. The molecule has 30 heavy (non-hydrogen) atoms. The SMILES string of the molecule is c1cc2cccc3c4cc5ccc6ccc7cccc8cc(c4cc(c1)c23)c5c6c78. The van der Waals surface area contributed by atoms with Gasteiger partial charge in [-0.2, -0.15) is 0 Å². The second-order valence-corrected chi connectivity index (χ2v) is 8.56. The quantitative estimate of drug-likeness (QED) is 0.183. The maximum Gasteiger partial charge on any atom is -0.00145 e. The highest BCUT2D eigenvalue weighted by Gasteiger charge is 2.16. The lowest BCUT2D eigenvalue weighted by molar-refractivity contribution is 1.79. The van der Waals surface area contributed by atoms with Gasteiger partial charge in [-0.1, -0.05) is 78.9 Å². The maximum atomic E-state index is 2.42. The summed E-state index contributed by atoms with van der Waals surface area (Å²) in [5, 5.41) is 19.0. The van der Waals surface area contributed by atoms with E-state index in [0.29, 0.717) is 0 Å². The average Bonchev–Trinajstić information content (AvgIpc) is 2.80. The maximum absolute atomic E-state index is 2.42. The van der Waals surface area contributed by atoms with E-state index in [1.807, 2.05) is 0 Å². The van der Waals surface area contributed by atoms with E-state index in [4.69, 9.17) is 0 Å². The summed E-state index contributed by atoms with van der Waals surface area (Å²) >= 11 is 0. The zero-order valence-electron chi connectivity index (χ0n) is 16.2. The lowest BCUT2D eigenvalue weighted by Crippen LogP contribution is -1.89. The van der Waals surface area contributed by atoms with Gasteiger partial charge in [-0.15, -0.1) is 0 Å². The Hall–Kier alpha value is -3.90. The van der Waals surface area contributed by atoms with Gasteiger partial charge in [0.15, 0.2) is 0 Å². The molecular formula is C30H16. The number of fused-ring (bicyclic) bond motifs is 3. The highest BCUT2D eigenvalue weighted by molar-refractivity contribution is 6.37. The van der Waals surface area contributed by atoms with Gasteiger partial charge in [-0.25, -0.2) is 0 Å². The molecule has 0 N–H and O–H groups in total. The first-order chi connectivity index (χ1) is 14.9. The van der Waals surface area contributed by atoms with Crippen molar-refractivity contribution in [1.82, 2.24) is 0 Å². The summed E-state index contributed by atoms with van der Waals surface area (Å²) < 4.78 is 0. The number of rotatable bonds is 0. The molecule has 0 spiro atoms. The fourth-order valence-electron chi connectivity index (χ4n) is 5.84. The first-order valence-corrected chi connectivity index (χ1v) is 10.5. The molecule has 0 aliphatic carbocycles. The highest BCUT2D eigenvalue weighted by Crippen LogP contribution is 2.44. The molecule has 0 bridgehead atoms. The first-order valence-electron chi connectivity index (χ1n) is 10.5. The van der Waals surface area contributed by atoms with Crippen LogP contribution in [0.25, 0.3) is 75.4 Å². The molecule has 0 aromatic heterocycles. The second-order valence-electron chi connectivity index (χ2n) is 8.56. The molecule has 8 aromatic rings. The van der Waals surface area contributed by atoms with Crippen molar-refractivity contribution in [3.63, 3.8) is 0 Å². The molecule has 8 rings (SSSR count). The number of hydrogen-bond donors (Lipinski definition) is 0. The van der Waals surface area contributed by atoms with Crippen LogP contribution in [0, 0.1) is 0 Å². The van der Waals surface area contributed by atoms with Crippen LogP contribution in [0.15, 0.2) is 97.1 Å². The molecule has 0 heteroatoms. The molecule has 0 heterocycles. The van der Waals surface area contributed by atoms with Gasteiger partial charge >= 0.3 is 0 Å². The summed E-state index contributed by atoms with van der Waals surface area (Å²) in [6, 6.07) is 36.4. The highest BCUT2D eigenvalue weighted by atomic mass is 14.2. The Balaban J connectivity index is 1.77. The molecule has 0 aliphatic heterocycles. The first kappa shape index (κ1) is 15.0. The lowest BCUT2D eigenvalue weighted by atomic mass is 9.86. The van der Waals surface area contributed by atoms with Crippen LogP contribution in [0.1, 0.15) is 0 Å². The van der Waals surface area contributed by atoms with Crippen LogP contribution < -0.4 is 0 Å². The van der Waals surface area contributed by atoms with E-state index in [0.717, 1.165) is 0 Å². The molecule has 0 saturated carbocycles. The molecule has 0 atom stereocenters. The minimum absolute atomic E-state index is 1.31. The van der Waals surface area contributed by atoms with Gasteiger partial charge in [-0.05, 0) is 93.6 Å². The summed E-state index contributed by atoms with van der Waals surface area (Å²) in [5.74, 6) is 0. The van der Waals surface area contributed by atoms with Crippen LogP contribution in [0.4, 0.5) is 0 Å². The van der Waals surface area contributed by atoms with Crippen LogP contribution in [0.3, 0.4) is 0 Å². The zero-order valence-corrected chi connectivity index (χ0v) is 16.2. The van der Waals surface area contributed by atoms with E-state index < -0.39 is 0 Å². The Bertz CT molecular complexity index is 1930. The number of hydrogen-bond acceptors (Lipinski definition) is 0. The predicted molar refractivity (Wildman–Crippen MR) is 131 cm³/mol. The molecule has 0 unspecified atom stereocenters. The smallest absolute Gasteiger partial charge is 0.00145 e. The topological polar surface area (TPSA) is 0 Å². The summed E-state index contributed by atoms with van der Waals surface area (Å²) in [6.45, 7) is 0. The lowest BCUT2D eigenvalue weighted by Gasteiger charge is -2.17. The van der Waals surface area contributed by atoms with Gasteiger partial charge in [0.05, 0.1) is 0 Å². The predicted octanol–water partition coefficient (Wildman–Crippen LogP) is 8.63. The molecule has 0 nitrogen and oxygen atoms in total. The van der Waals surface area contributed by atoms with E-state index in [1.165, 1.54) is 75.4 Å². The Kier molecular flexibility index (Phi) is 2.49. The van der Waals surface area contributed by atoms with Gasteiger partial charge in [-0.3, -0.25) is 0 Å². The summed E-state index contributed by atoms with van der Waals surface area (Å²) in [7, 11) is 0. The standard InChI is InChI=1S/C30H16/c1-4-17-6-3-9-23-24-15-22-13-12-19-11-10-18-5-2-8-21-16-26(29(22)30(19)28(18)21)25(24)14-20(7-1)27(17)23/h1-16H. The minimum Gasteiger partial charge on any atom is -0.0610 e. The van der Waals surface area contributed by atoms with Crippen molar-refractivity contribution in [1.29, 1.82) is 0 Å². The van der Waals surface area contributed by atoms with Gasteiger partial charge in [0.1, 0.15) is 0 Å². The fourth-order valence-corrected chi connectivity index (χ4v) is 5.84. The summed E-state index contributed by atoms with van der Waals surface area (Å²) in [4.78, 5) is 0. The Morgan fingerprint density at radius 3 is 1.50 bits per heavy atom. The molecule has 8 aromatic carbocycles. The van der Waals surface area contributed by atoms with E-state index in [2.05, 4.69) is 97.1 Å². The normalized spacial score (nSPS) is 12.7. The molecule has 0 amide bonds. The fraction of sp³-hybridized carbons (Fsp3) is 0. The van der Waals surface area contributed by atoms with E-state index >= 15 is 0 Å². The molecule has 136 valence electrons. The van der Waals surface area contributed by atoms with Crippen LogP contribution >= 0.6 is 0 Å². The van der Waals surface area contributed by atoms with Crippen molar-refractivity contribution in [3.8, 4) is 0 Å². The average molecular weight is 376 g/mol. The van der Waals surface area contributed by atoms with Crippen LogP contribution in [-0.4, -0.2) is 0 Å². The van der Waals surface area contributed by atoms with Gasteiger partial charge in [0, 0.05) is 0 Å². The van der Waals surface area contributed by atoms with E-state index in [9.17, 15) is 0 Å². The Morgan fingerprint density at radius 1 is 0.267 bits per heavy atom. The second kappa shape index (κ2) is 4.98. The third kappa shape index (κ3) is 1.66. The third-order valence-corrected chi connectivity index (χ3v) is 7.07. The largest absolute Gasteiger partial charge is 0.0610 e. The Labute approximate surface area is 172 Å². The van der Waals surface area contributed by atoms with Gasteiger partial charge in [0.2, 0.25) is 0 Å². The van der Waals surface area contributed by atoms with Crippen LogP contribution in [-0.2, 0) is 0 Å². The van der Waals surface area contributed by atoms with Crippen molar-refractivity contribution >= 4 is 75.4 Å². The van der Waals surface area contributed by atoms with Crippen LogP contribution in [0.2, 0.25) is 0 Å². The van der Waals surface area contributed by atoms with Gasteiger partial charge < -0.3 is 0 Å². The van der Waals surface area contributed by atoms with E-state index in [1.54, 1.807) is 0 Å². The van der Waals surface area contributed by atoms with Crippen molar-refractivity contribution in [2.75, 3.05) is 0 Å². The van der Waals surface area contributed by atoms with Gasteiger partial charge in [0.25, 0.3) is 0 Å². The van der Waals surface area contributed by atoms with Crippen molar-refractivity contribution in [2.45, 2.75) is 0 Å². The molecule has 0 aliphatic rings. The van der Waals surface area contributed by atoms with Crippen molar-refractivity contribution in [2.24, 2.45) is 0 Å².